The van der Waals surface area contributed by atoms with E-state index in [-0.39, 0.29) is 17.0 Å². The Morgan fingerprint density at radius 1 is 1.12 bits per heavy atom. The summed E-state index contributed by atoms with van der Waals surface area (Å²) in [5.74, 6) is 0.142. The molecular weight excluding hydrogens is 328 g/mol. The summed E-state index contributed by atoms with van der Waals surface area (Å²) < 4.78 is 32.9. The zero-order valence-corrected chi connectivity index (χ0v) is 14.2. The van der Waals surface area contributed by atoms with Crippen LogP contribution in [0.3, 0.4) is 0 Å². The highest BCUT2D eigenvalue weighted by Gasteiger charge is 2.37. The molecule has 2 aliphatic rings. The van der Waals surface area contributed by atoms with E-state index in [0.717, 1.165) is 31.2 Å². The third kappa shape index (κ3) is 2.61. The Labute approximate surface area is 141 Å². The number of para-hydroxylation sites is 1. The van der Waals surface area contributed by atoms with E-state index in [0.29, 0.717) is 25.1 Å². The molecule has 1 atom stereocenters. The molecule has 128 valence electrons. The number of hydrogen-bond donors (Lipinski definition) is 0. The van der Waals surface area contributed by atoms with Crippen LogP contribution in [0.1, 0.15) is 25.7 Å². The number of hydrogen-bond acceptors (Lipinski definition) is 4. The van der Waals surface area contributed by atoms with Crippen molar-refractivity contribution in [1.82, 2.24) is 9.21 Å². The molecule has 7 heteroatoms. The van der Waals surface area contributed by atoms with Crippen molar-refractivity contribution in [3.05, 3.63) is 30.3 Å². The molecule has 1 unspecified atom stereocenters. The van der Waals surface area contributed by atoms with Crippen LogP contribution in [0.25, 0.3) is 11.0 Å². The van der Waals surface area contributed by atoms with Gasteiger partial charge in [0.2, 0.25) is 11.0 Å². The number of sulfonamides is 1. The second-order valence-corrected chi connectivity index (χ2v) is 8.32. The van der Waals surface area contributed by atoms with Crippen molar-refractivity contribution in [2.75, 3.05) is 19.6 Å². The van der Waals surface area contributed by atoms with E-state index < -0.39 is 10.0 Å². The number of fused-ring (bicyclic) bond motifs is 1. The number of furan rings is 1. The highest BCUT2D eigenvalue weighted by Crippen LogP contribution is 2.29. The number of likely N-dealkylation sites (tertiary alicyclic amines) is 1. The Morgan fingerprint density at radius 3 is 2.71 bits per heavy atom. The average Bonchev–Trinajstić information content (AvgIpc) is 3.21. The van der Waals surface area contributed by atoms with Gasteiger partial charge in [0, 0.05) is 43.5 Å². The fourth-order valence-electron chi connectivity index (χ4n) is 3.66. The van der Waals surface area contributed by atoms with Crippen molar-refractivity contribution < 1.29 is 17.6 Å². The molecule has 1 aromatic heterocycles. The maximum atomic E-state index is 12.9. The first-order valence-corrected chi connectivity index (χ1v) is 9.78. The average molecular weight is 348 g/mol. The van der Waals surface area contributed by atoms with Gasteiger partial charge in [-0.3, -0.25) is 4.79 Å². The molecule has 3 heterocycles. The van der Waals surface area contributed by atoms with Gasteiger partial charge in [0.15, 0.2) is 0 Å². The van der Waals surface area contributed by atoms with E-state index >= 15 is 0 Å². The van der Waals surface area contributed by atoms with E-state index in [2.05, 4.69) is 0 Å². The van der Waals surface area contributed by atoms with Gasteiger partial charge < -0.3 is 9.32 Å². The van der Waals surface area contributed by atoms with Crippen molar-refractivity contribution in [2.24, 2.45) is 0 Å². The van der Waals surface area contributed by atoms with Crippen molar-refractivity contribution in [1.29, 1.82) is 0 Å². The van der Waals surface area contributed by atoms with Gasteiger partial charge in [-0.05, 0) is 25.3 Å². The van der Waals surface area contributed by atoms with Crippen LogP contribution >= 0.6 is 0 Å². The molecule has 0 bridgehead atoms. The zero-order valence-electron chi connectivity index (χ0n) is 13.3. The molecule has 2 saturated heterocycles. The maximum Gasteiger partial charge on any atom is 0.276 e. The lowest BCUT2D eigenvalue weighted by atomic mass is 10.1. The lowest BCUT2D eigenvalue weighted by Crippen LogP contribution is -2.50. The molecule has 0 spiro atoms. The van der Waals surface area contributed by atoms with Crippen LogP contribution < -0.4 is 0 Å². The van der Waals surface area contributed by atoms with Crippen LogP contribution in [0.4, 0.5) is 0 Å². The molecule has 24 heavy (non-hydrogen) atoms. The molecule has 0 aliphatic carbocycles. The Hall–Kier alpha value is -1.86. The molecule has 6 nitrogen and oxygen atoms in total. The van der Waals surface area contributed by atoms with E-state index in [1.54, 1.807) is 12.1 Å². The fourth-order valence-corrected chi connectivity index (χ4v) is 5.12. The normalized spacial score (nSPS) is 23.2. The number of benzene rings is 1. The first kappa shape index (κ1) is 15.7. The minimum Gasteiger partial charge on any atom is -0.443 e. The minimum absolute atomic E-state index is 0.0166. The van der Waals surface area contributed by atoms with Gasteiger partial charge in [0.25, 0.3) is 10.0 Å². The van der Waals surface area contributed by atoms with E-state index in [9.17, 15) is 13.2 Å². The summed E-state index contributed by atoms with van der Waals surface area (Å²) in [7, 11) is -3.68. The molecule has 0 saturated carbocycles. The molecule has 2 fully saturated rings. The predicted octanol–water partition coefficient (Wildman–Crippen LogP) is 2.21. The predicted molar refractivity (Wildman–Crippen MR) is 88.9 cm³/mol. The summed E-state index contributed by atoms with van der Waals surface area (Å²) >= 11 is 0. The topological polar surface area (TPSA) is 70.8 Å². The molecule has 0 N–H and O–H groups in total. The standard InChI is InChI=1S/C17H20N2O4S/c20-16-8-4-10-19(16)14-6-3-9-18(12-14)24(21,22)17-11-13-5-1-2-7-15(13)23-17/h1-2,5,7,11,14H,3-4,6,8-10,12H2. The summed E-state index contributed by atoms with van der Waals surface area (Å²) in [5, 5.41) is 0.761. The Morgan fingerprint density at radius 2 is 1.96 bits per heavy atom. The molecule has 0 radical (unpaired) electrons. The minimum atomic E-state index is -3.68. The number of nitrogens with zero attached hydrogens (tertiary/aromatic N) is 2. The highest BCUT2D eigenvalue weighted by molar-refractivity contribution is 7.89. The largest absolute Gasteiger partial charge is 0.443 e. The molecule has 2 aliphatic heterocycles. The van der Waals surface area contributed by atoms with Gasteiger partial charge in [-0.25, -0.2) is 8.42 Å². The van der Waals surface area contributed by atoms with Gasteiger partial charge in [-0.2, -0.15) is 4.31 Å². The Balaban J connectivity index is 1.60. The smallest absolute Gasteiger partial charge is 0.276 e. The van der Waals surface area contributed by atoms with Gasteiger partial charge in [-0.1, -0.05) is 18.2 Å². The van der Waals surface area contributed by atoms with Crippen molar-refractivity contribution in [3.8, 4) is 0 Å². The van der Waals surface area contributed by atoms with E-state index in [1.807, 2.05) is 23.1 Å². The van der Waals surface area contributed by atoms with Gasteiger partial charge in [0.05, 0.1) is 0 Å². The third-order valence-corrected chi connectivity index (χ3v) is 6.63. The number of carbonyl (C=O) groups excluding carboxylic acids is 1. The van der Waals surface area contributed by atoms with Crippen LogP contribution in [-0.4, -0.2) is 49.2 Å². The van der Waals surface area contributed by atoms with Crippen LogP contribution in [0.2, 0.25) is 0 Å². The lowest BCUT2D eigenvalue weighted by molar-refractivity contribution is -0.130. The van der Waals surface area contributed by atoms with Gasteiger partial charge in [0.1, 0.15) is 5.58 Å². The monoisotopic (exact) mass is 348 g/mol. The summed E-state index contributed by atoms with van der Waals surface area (Å²) in [6.07, 6.45) is 3.06. The Kier molecular flexibility index (Phi) is 3.85. The zero-order chi connectivity index (χ0) is 16.7. The summed E-state index contributed by atoms with van der Waals surface area (Å²) in [6.45, 7) is 1.56. The fraction of sp³-hybridized carbons (Fsp3) is 0.471. The highest BCUT2D eigenvalue weighted by atomic mass is 32.2. The van der Waals surface area contributed by atoms with Gasteiger partial charge in [-0.15, -0.1) is 0 Å². The SMILES string of the molecule is O=C1CCCN1C1CCCN(S(=O)(=O)c2cc3ccccc3o2)C1. The first-order chi connectivity index (χ1) is 11.6. The quantitative estimate of drug-likeness (QED) is 0.853. The molecule has 1 amide bonds. The number of rotatable bonds is 3. The first-order valence-electron chi connectivity index (χ1n) is 8.34. The van der Waals surface area contributed by atoms with E-state index in [4.69, 9.17) is 4.42 Å². The van der Waals surface area contributed by atoms with Crippen LogP contribution in [-0.2, 0) is 14.8 Å². The van der Waals surface area contributed by atoms with E-state index in [1.165, 1.54) is 4.31 Å². The summed E-state index contributed by atoms with van der Waals surface area (Å²) in [5.41, 5.74) is 0.569. The van der Waals surface area contributed by atoms with Crippen molar-refractivity contribution in [3.63, 3.8) is 0 Å². The number of carbonyl (C=O) groups is 1. The van der Waals surface area contributed by atoms with Crippen molar-refractivity contribution in [2.45, 2.75) is 36.8 Å². The summed E-state index contributed by atoms with van der Waals surface area (Å²) in [6, 6.07) is 8.82. The molecular formula is C17H20N2O4S. The summed E-state index contributed by atoms with van der Waals surface area (Å²) in [4.78, 5) is 13.8. The van der Waals surface area contributed by atoms with Crippen LogP contribution in [0, 0.1) is 0 Å². The maximum absolute atomic E-state index is 12.9. The molecule has 1 aromatic carbocycles. The van der Waals surface area contributed by atoms with Crippen LogP contribution in [0.15, 0.2) is 39.8 Å². The second-order valence-electron chi connectivity index (χ2n) is 6.45. The Bertz CT molecular complexity index is 841. The molecule has 2 aromatic rings. The van der Waals surface area contributed by atoms with Gasteiger partial charge >= 0.3 is 0 Å². The number of amides is 1. The molecule has 4 rings (SSSR count). The lowest BCUT2D eigenvalue weighted by Gasteiger charge is -2.36. The van der Waals surface area contributed by atoms with Crippen molar-refractivity contribution >= 4 is 26.9 Å². The second kappa shape index (κ2) is 5.89. The van der Waals surface area contributed by atoms with Crippen LogP contribution in [0.5, 0.6) is 0 Å². The third-order valence-electron chi connectivity index (χ3n) is 4.91. The number of piperidine rings is 1.